The number of nitrogens with one attached hydrogen (secondary N) is 1. The van der Waals surface area contributed by atoms with Gasteiger partial charge in [0.2, 0.25) is 11.6 Å². The second-order valence-electron chi connectivity index (χ2n) is 4.76. The lowest BCUT2D eigenvalue weighted by atomic mass is 10.3. The summed E-state index contributed by atoms with van der Waals surface area (Å²) in [7, 11) is 1.71. The monoisotopic (exact) mass is 328 g/mol. The van der Waals surface area contributed by atoms with E-state index in [4.69, 9.17) is 0 Å². The van der Waals surface area contributed by atoms with Crippen LogP contribution in [0.25, 0.3) is 0 Å². The van der Waals surface area contributed by atoms with Gasteiger partial charge in [-0.1, -0.05) is 0 Å². The van der Waals surface area contributed by atoms with Crippen molar-refractivity contribution in [3.05, 3.63) is 39.5 Å². The van der Waals surface area contributed by atoms with Gasteiger partial charge in [0.05, 0.1) is 17.2 Å². The van der Waals surface area contributed by atoms with Gasteiger partial charge < -0.3 is 5.32 Å². The van der Waals surface area contributed by atoms with Crippen LogP contribution in [0, 0.1) is 17.0 Å². The molecular formula is C12H14F2N6O3. The van der Waals surface area contributed by atoms with E-state index >= 15 is 0 Å². The first kappa shape index (κ1) is 16.5. The van der Waals surface area contributed by atoms with Crippen molar-refractivity contribution in [2.45, 2.75) is 26.4 Å². The molecule has 0 aliphatic heterocycles. The molecule has 0 saturated heterocycles. The SMILES string of the molecule is Cc1c([N+](=O)[O-])c(C(F)F)nn1CC(=O)NCc1ccnn1C. The molecule has 0 fully saturated rings. The van der Waals surface area contributed by atoms with Crippen molar-refractivity contribution < 1.29 is 18.5 Å². The summed E-state index contributed by atoms with van der Waals surface area (Å²) in [4.78, 5) is 21.8. The number of halogens is 2. The summed E-state index contributed by atoms with van der Waals surface area (Å²) in [5.74, 6) is -0.507. The highest BCUT2D eigenvalue weighted by Gasteiger charge is 2.31. The van der Waals surface area contributed by atoms with Crippen LogP contribution in [0.4, 0.5) is 14.5 Å². The average molecular weight is 328 g/mol. The number of amides is 1. The fourth-order valence-electron chi connectivity index (χ4n) is 2.04. The highest BCUT2D eigenvalue weighted by molar-refractivity contribution is 5.75. The normalized spacial score (nSPS) is 11.0. The van der Waals surface area contributed by atoms with Gasteiger partial charge in [0.15, 0.2) is 0 Å². The maximum atomic E-state index is 12.8. The van der Waals surface area contributed by atoms with Gasteiger partial charge in [0.25, 0.3) is 6.43 Å². The lowest BCUT2D eigenvalue weighted by Crippen LogP contribution is -2.28. The summed E-state index contributed by atoms with van der Waals surface area (Å²) >= 11 is 0. The van der Waals surface area contributed by atoms with E-state index in [0.29, 0.717) is 0 Å². The smallest absolute Gasteiger partial charge is 0.319 e. The number of nitrogens with zero attached hydrogens (tertiary/aromatic N) is 5. The van der Waals surface area contributed by atoms with Crippen LogP contribution in [0.2, 0.25) is 0 Å². The molecule has 0 aliphatic rings. The molecule has 2 rings (SSSR count). The van der Waals surface area contributed by atoms with Gasteiger partial charge in [-0.2, -0.15) is 10.2 Å². The van der Waals surface area contributed by atoms with E-state index in [2.05, 4.69) is 15.5 Å². The first-order chi connectivity index (χ1) is 10.8. The van der Waals surface area contributed by atoms with Gasteiger partial charge in [-0.3, -0.25) is 24.3 Å². The molecule has 0 atom stereocenters. The predicted molar refractivity (Wildman–Crippen MR) is 73.6 cm³/mol. The molecule has 124 valence electrons. The van der Waals surface area contributed by atoms with Crippen molar-refractivity contribution in [2.75, 3.05) is 0 Å². The van der Waals surface area contributed by atoms with Gasteiger partial charge >= 0.3 is 5.69 Å². The second-order valence-corrected chi connectivity index (χ2v) is 4.76. The number of carbonyl (C=O) groups is 1. The summed E-state index contributed by atoms with van der Waals surface area (Å²) in [6.07, 6.45) is -1.52. The third-order valence-electron chi connectivity index (χ3n) is 3.27. The maximum Gasteiger partial charge on any atom is 0.319 e. The van der Waals surface area contributed by atoms with E-state index < -0.39 is 35.2 Å². The fraction of sp³-hybridized carbons (Fsp3) is 0.417. The number of aromatic nitrogens is 4. The molecule has 2 aromatic rings. The van der Waals surface area contributed by atoms with E-state index in [0.717, 1.165) is 10.4 Å². The number of alkyl halides is 2. The van der Waals surface area contributed by atoms with E-state index in [9.17, 15) is 23.7 Å². The van der Waals surface area contributed by atoms with E-state index in [1.165, 1.54) is 6.92 Å². The summed E-state index contributed by atoms with van der Waals surface area (Å²) in [5, 5.41) is 20.9. The minimum absolute atomic E-state index is 0.0963. The Kier molecular flexibility index (Phi) is 4.67. The standard InChI is InChI=1S/C12H14F2N6O3/c1-7-11(20(22)23)10(12(13)14)17-19(7)6-9(21)15-5-8-3-4-16-18(8)2/h3-4,12H,5-6H2,1-2H3,(H,15,21). The Labute approximate surface area is 129 Å². The molecule has 9 nitrogen and oxygen atoms in total. The summed E-state index contributed by atoms with van der Waals surface area (Å²) in [6.45, 7) is 1.07. The molecule has 0 radical (unpaired) electrons. The van der Waals surface area contributed by atoms with E-state index in [-0.39, 0.29) is 12.2 Å². The van der Waals surface area contributed by atoms with Crippen molar-refractivity contribution >= 4 is 11.6 Å². The number of hydrogen-bond donors (Lipinski definition) is 1. The Morgan fingerprint density at radius 1 is 1.52 bits per heavy atom. The quantitative estimate of drug-likeness (QED) is 0.631. The van der Waals surface area contributed by atoms with E-state index in [1.54, 1.807) is 24.0 Å². The van der Waals surface area contributed by atoms with Crippen LogP contribution in [0.15, 0.2) is 12.3 Å². The minimum Gasteiger partial charge on any atom is -0.349 e. The van der Waals surface area contributed by atoms with E-state index in [1.807, 2.05) is 0 Å². The lowest BCUT2D eigenvalue weighted by molar-refractivity contribution is -0.386. The van der Waals surface area contributed by atoms with Gasteiger partial charge in [-0.05, 0) is 13.0 Å². The fourth-order valence-corrected chi connectivity index (χ4v) is 2.04. The summed E-state index contributed by atoms with van der Waals surface area (Å²) < 4.78 is 28.1. The number of rotatable bonds is 6. The van der Waals surface area contributed by atoms with Crippen LogP contribution < -0.4 is 5.32 Å². The molecule has 0 aromatic carbocycles. The average Bonchev–Trinajstić information content (AvgIpc) is 3.01. The van der Waals surface area contributed by atoms with Crippen molar-refractivity contribution in [1.82, 2.24) is 24.9 Å². The van der Waals surface area contributed by atoms with Crippen LogP contribution >= 0.6 is 0 Å². The van der Waals surface area contributed by atoms with Crippen molar-refractivity contribution in [3.8, 4) is 0 Å². The molecule has 0 unspecified atom stereocenters. The molecule has 0 bridgehead atoms. The zero-order chi connectivity index (χ0) is 17.1. The Hall–Kier alpha value is -2.85. The highest BCUT2D eigenvalue weighted by Crippen LogP contribution is 2.30. The Balaban J connectivity index is 2.10. The minimum atomic E-state index is -3.09. The van der Waals surface area contributed by atoms with Crippen molar-refractivity contribution in [2.24, 2.45) is 7.05 Å². The first-order valence-corrected chi connectivity index (χ1v) is 6.54. The molecule has 1 N–H and O–H groups in total. The van der Waals surface area contributed by atoms with Gasteiger partial charge in [0.1, 0.15) is 12.2 Å². The van der Waals surface area contributed by atoms with Crippen LogP contribution in [0.1, 0.15) is 23.5 Å². The molecule has 0 spiro atoms. The summed E-state index contributed by atoms with van der Waals surface area (Å²) in [5.41, 5.74) is -1.05. The molecule has 23 heavy (non-hydrogen) atoms. The molecule has 1 amide bonds. The lowest BCUT2D eigenvalue weighted by Gasteiger charge is -2.06. The molecule has 2 aromatic heterocycles. The van der Waals surface area contributed by atoms with Crippen LogP contribution in [0.5, 0.6) is 0 Å². The zero-order valence-corrected chi connectivity index (χ0v) is 12.4. The molecule has 2 heterocycles. The second kappa shape index (κ2) is 6.50. The maximum absolute atomic E-state index is 12.8. The largest absolute Gasteiger partial charge is 0.349 e. The van der Waals surface area contributed by atoms with Gasteiger partial charge in [0, 0.05) is 13.2 Å². The number of aryl methyl sites for hydroxylation is 1. The molecular weight excluding hydrogens is 314 g/mol. The summed E-state index contributed by atoms with van der Waals surface area (Å²) in [6, 6.07) is 1.71. The first-order valence-electron chi connectivity index (χ1n) is 6.54. The Morgan fingerprint density at radius 3 is 2.70 bits per heavy atom. The van der Waals surface area contributed by atoms with Crippen LogP contribution in [-0.2, 0) is 24.9 Å². The van der Waals surface area contributed by atoms with Crippen molar-refractivity contribution in [3.63, 3.8) is 0 Å². The zero-order valence-electron chi connectivity index (χ0n) is 12.4. The van der Waals surface area contributed by atoms with Gasteiger partial charge in [-0.15, -0.1) is 0 Å². The Bertz CT molecular complexity index is 739. The molecule has 11 heteroatoms. The third-order valence-corrected chi connectivity index (χ3v) is 3.27. The Morgan fingerprint density at radius 2 is 2.22 bits per heavy atom. The highest BCUT2D eigenvalue weighted by atomic mass is 19.3. The van der Waals surface area contributed by atoms with Crippen LogP contribution in [0.3, 0.4) is 0 Å². The number of nitro groups is 1. The topological polar surface area (TPSA) is 108 Å². The van der Waals surface area contributed by atoms with Gasteiger partial charge in [-0.25, -0.2) is 8.78 Å². The molecule has 0 saturated carbocycles. The molecule has 0 aliphatic carbocycles. The number of hydrogen-bond acceptors (Lipinski definition) is 5. The third kappa shape index (κ3) is 3.49. The van der Waals surface area contributed by atoms with Crippen LogP contribution in [-0.4, -0.2) is 30.4 Å². The number of carbonyl (C=O) groups excluding carboxylic acids is 1. The van der Waals surface area contributed by atoms with Crippen molar-refractivity contribution in [1.29, 1.82) is 0 Å². The predicted octanol–water partition coefficient (Wildman–Crippen LogP) is 1.09.